The molecule has 0 radical (unpaired) electrons. The zero-order chi connectivity index (χ0) is 16.8. The third-order valence-corrected chi connectivity index (χ3v) is 4.31. The first-order valence-electron chi connectivity index (χ1n) is 7.52. The van der Waals surface area contributed by atoms with Crippen LogP contribution in [0.4, 0.5) is 0 Å². The quantitative estimate of drug-likeness (QED) is 0.511. The minimum absolute atomic E-state index is 0.0225. The van der Waals surface area contributed by atoms with Gasteiger partial charge in [-0.3, -0.25) is 4.79 Å². The summed E-state index contributed by atoms with van der Waals surface area (Å²) >= 11 is 0. The second-order valence-electron chi connectivity index (χ2n) is 5.73. The molecule has 0 bridgehead atoms. The van der Waals surface area contributed by atoms with Crippen LogP contribution in [0.1, 0.15) is 11.1 Å². The highest BCUT2D eigenvalue weighted by Crippen LogP contribution is 2.28. The predicted molar refractivity (Wildman–Crippen MR) is 91.3 cm³/mol. The van der Waals surface area contributed by atoms with Crippen molar-refractivity contribution < 1.29 is 9.53 Å². The first-order chi connectivity index (χ1) is 11.6. The van der Waals surface area contributed by atoms with E-state index in [1.807, 2.05) is 36.4 Å². The molecule has 3 aromatic rings. The Kier molecular flexibility index (Phi) is 3.09. The average Bonchev–Trinajstić information content (AvgIpc) is 2.61. The van der Waals surface area contributed by atoms with Crippen molar-refractivity contribution in [2.75, 3.05) is 0 Å². The summed E-state index contributed by atoms with van der Waals surface area (Å²) in [5, 5.41) is 1.03. The van der Waals surface area contributed by atoms with Crippen LogP contribution >= 0.6 is 0 Å². The number of ether oxygens (including phenoxy) is 1. The molecule has 0 saturated carbocycles. The van der Waals surface area contributed by atoms with Gasteiger partial charge < -0.3 is 9.30 Å². The fourth-order valence-electron chi connectivity index (χ4n) is 2.95. The van der Waals surface area contributed by atoms with Crippen molar-refractivity contribution in [3.05, 3.63) is 70.5 Å². The minimum atomic E-state index is -0.492. The second kappa shape index (κ2) is 5.16. The third-order valence-electron chi connectivity index (χ3n) is 4.31. The molecule has 0 unspecified atom stereocenters. The van der Waals surface area contributed by atoms with E-state index in [0.29, 0.717) is 22.5 Å². The molecule has 1 aliphatic heterocycles. The van der Waals surface area contributed by atoms with Crippen molar-refractivity contribution in [2.45, 2.75) is 6.61 Å². The molecule has 0 spiro atoms. The number of nitrogens with zero attached hydrogens (tertiary/aromatic N) is 2. The summed E-state index contributed by atoms with van der Waals surface area (Å²) in [5.74, 6) is -0.492. The van der Waals surface area contributed by atoms with E-state index in [1.165, 1.54) is 4.57 Å². The topological polar surface area (TPSA) is 61.2 Å². The lowest BCUT2D eigenvalue weighted by atomic mass is 9.98. The van der Waals surface area contributed by atoms with E-state index in [1.54, 1.807) is 13.1 Å². The van der Waals surface area contributed by atoms with Gasteiger partial charge in [-0.05, 0) is 18.2 Å². The molecule has 1 aromatic carbocycles. The normalized spacial score (nSPS) is 13.7. The van der Waals surface area contributed by atoms with Crippen LogP contribution in [0.3, 0.4) is 0 Å². The molecular formula is C19H14N2O3. The number of carbonyl (C=O) groups excluding carboxylic acids is 1. The van der Waals surface area contributed by atoms with Gasteiger partial charge in [-0.2, -0.15) is 0 Å². The Morgan fingerprint density at radius 3 is 2.79 bits per heavy atom. The van der Waals surface area contributed by atoms with E-state index >= 15 is 0 Å². The molecule has 2 aromatic heterocycles. The molecule has 0 fully saturated rings. The highest BCUT2D eigenvalue weighted by Gasteiger charge is 2.26. The van der Waals surface area contributed by atoms with Crippen LogP contribution in [0, 0.1) is 0 Å². The van der Waals surface area contributed by atoms with E-state index in [2.05, 4.69) is 11.6 Å². The summed E-state index contributed by atoms with van der Waals surface area (Å²) in [6.45, 7) is 3.73. The highest BCUT2D eigenvalue weighted by molar-refractivity contribution is 6.17. The van der Waals surface area contributed by atoms with Crippen LogP contribution in [0.2, 0.25) is 0 Å². The number of para-hydroxylation sites is 1. The number of rotatable bonds is 1. The first kappa shape index (κ1) is 14.4. The van der Waals surface area contributed by atoms with Crippen molar-refractivity contribution in [2.24, 2.45) is 7.05 Å². The summed E-state index contributed by atoms with van der Waals surface area (Å²) in [7, 11) is 1.69. The summed E-state index contributed by atoms with van der Waals surface area (Å²) < 4.78 is 6.52. The lowest BCUT2D eigenvalue weighted by molar-refractivity contribution is -0.138. The standard InChI is InChI=1S/C19H14N2O3/c1-11-13-9-17(21(2)18(22)14(13)10-24-19(11)23)16-8-7-12-5-3-4-6-15(12)20-16/h3-9H,1,10H2,2H3. The van der Waals surface area contributed by atoms with Crippen molar-refractivity contribution >= 4 is 22.4 Å². The smallest absolute Gasteiger partial charge is 0.338 e. The molecule has 5 heteroatoms. The molecule has 3 heterocycles. The van der Waals surface area contributed by atoms with Crippen LogP contribution in [-0.2, 0) is 23.2 Å². The molecule has 0 amide bonds. The zero-order valence-corrected chi connectivity index (χ0v) is 13.1. The molecular weight excluding hydrogens is 304 g/mol. The lowest BCUT2D eigenvalue weighted by Gasteiger charge is -2.20. The fourth-order valence-corrected chi connectivity index (χ4v) is 2.95. The summed E-state index contributed by atoms with van der Waals surface area (Å²) in [4.78, 5) is 29.0. The van der Waals surface area contributed by atoms with Gasteiger partial charge in [0.1, 0.15) is 6.61 Å². The third kappa shape index (κ3) is 2.06. The maximum absolute atomic E-state index is 12.6. The summed E-state index contributed by atoms with van der Waals surface area (Å²) in [6, 6.07) is 13.4. The van der Waals surface area contributed by atoms with Crippen LogP contribution in [0.5, 0.6) is 0 Å². The van der Waals surface area contributed by atoms with E-state index in [-0.39, 0.29) is 17.7 Å². The number of benzene rings is 1. The Bertz CT molecular complexity index is 1080. The average molecular weight is 318 g/mol. The Labute approximate surface area is 137 Å². The number of pyridine rings is 2. The van der Waals surface area contributed by atoms with Crippen molar-refractivity contribution in [1.82, 2.24) is 9.55 Å². The molecule has 118 valence electrons. The number of hydrogen-bond donors (Lipinski definition) is 0. The summed E-state index contributed by atoms with van der Waals surface area (Å²) in [5.41, 5.74) is 3.15. The molecule has 1 aliphatic rings. The molecule has 0 atom stereocenters. The van der Waals surface area contributed by atoms with Gasteiger partial charge in [-0.1, -0.05) is 30.8 Å². The Hall–Kier alpha value is -3.21. The van der Waals surface area contributed by atoms with Gasteiger partial charge in [-0.25, -0.2) is 9.78 Å². The molecule has 0 saturated heterocycles. The Balaban J connectivity index is 1.98. The van der Waals surface area contributed by atoms with Crippen molar-refractivity contribution in [3.63, 3.8) is 0 Å². The SMILES string of the molecule is C=C1C(=O)OCc2c1cc(-c1ccc3ccccc3n1)n(C)c2=O. The van der Waals surface area contributed by atoms with E-state index in [4.69, 9.17) is 4.74 Å². The maximum atomic E-state index is 12.6. The monoisotopic (exact) mass is 318 g/mol. The van der Waals surface area contributed by atoms with Gasteiger partial charge in [0.25, 0.3) is 5.56 Å². The van der Waals surface area contributed by atoms with Crippen LogP contribution in [0.25, 0.3) is 27.9 Å². The van der Waals surface area contributed by atoms with Crippen LogP contribution < -0.4 is 5.56 Å². The van der Waals surface area contributed by atoms with Gasteiger partial charge in [0.05, 0.1) is 28.0 Å². The predicted octanol–water partition coefficient (Wildman–Crippen LogP) is 2.67. The van der Waals surface area contributed by atoms with Gasteiger partial charge in [0, 0.05) is 18.0 Å². The van der Waals surface area contributed by atoms with Gasteiger partial charge >= 0.3 is 5.97 Å². The van der Waals surface area contributed by atoms with E-state index < -0.39 is 5.97 Å². The first-order valence-corrected chi connectivity index (χ1v) is 7.52. The van der Waals surface area contributed by atoms with Gasteiger partial charge in [0.15, 0.2) is 0 Å². The number of aromatic nitrogens is 2. The van der Waals surface area contributed by atoms with Gasteiger partial charge in [0.2, 0.25) is 0 Å². The van der Waals surface area contributed by atoms with E-state index in [0.717, 1.165) is 10.9 Å². The largest absolute Gasteiger partial charge is 0.457 e. The molecule has 5 nitrogen and oxygen atoms in total. The number of hydrogen-bond acceptors (Lipinski definition) is 4. The van der Waals surface area contributed by atoms with Gasteiger partial charge in [-0.15, -0.1) is 0 Å². The summed E-state index contributed by atoms with van der Waals surface area (Å²) in [6.07, 6.45) is 0. The lowest BCUT2D eigenvalue weighted by Crippen LogP contribution is -2.29. The van der Waals surface area contributed by atoms with Crippen LogP contribution in [0.15, 0.2) is 53.8 Å². The van der Waals surface area contributed by atoms with Crippen molar-refractivity contribution in [1.29, 1.82) is 0 Å². The molecule has 0 N–H and O–H groups in total. The second-order valence-corrected chi connectivity index (χ2v) is 5.73. The molecule has 24 heavy (non-hydrogen) atoms. The minimum Gasteiger partial charge on any atom is -0.457 e. The molecule has 0 aliphatic carbocycles. The molecule has 4 rings (SSSR count). The highest BCUT2D eigenvalue weighted by atomic mass is 16.5. The number of esters is 1. The Morgan fingerprint density at radius 1 is 1.17 bits per heavy atom. The van der Waals surface area contributed by atoms with Crippen molar-refractivity contribution in [3.8, 4) is 11.4 Å². The number of cyclic esters (lactones) is 1. The fraction of sp³-hybridized carbons (Fsp3) is 0.105. The Morgan fingerprint density at radius 2 is 1.96 bits per heavy atom. The zero-order valence-electron chi connectivity index (χ0n) is 13.1. The van der Waals surface area contributed by atoms with Crippen LogP contribution in [-0.4, -0.2) is 15.5 Å². The number of carbonyl (C=O) groups is 1. The number of fused-ring (bicyclic) bond motifs is 2. The maximum Gasteiger partial charge on any atom is 0.338 e. The van der Waals surface area contributed by atoms with E-state index in [9.17, 15) is 9.59 Å².